The van der Waals surface area contributed by atoms with Gasteiger partial charge < -0.3 is 10.2 Å². The molecule has 1 aromatic rings. The highest BCUT2D eigenvalue weighted by molar-refractivity contribution is 5.77. The maximum atomic E-state index is 11.2. The number of carboxylic acid groups (broad SMARTS) is 2. The first-order valence-electron chi connectivity index (χ1n) is 11.2. The number of carboxylic acids is 2. The first kappa shape index (κ1) is 23.4. The average molecular weight is 403 g/mol. The van der Waals surface area contributed by atoms with Crippen molar-refractivity contribution in [3.8, 4) is 0 Å². The molecule has 0 amide bonds. The molecule has 0 saturated heterocycles. The van der Waals surface area contributed by atoms with Crippen LogP contribution in [0, 0.1) is 17.8 Å². The number of rotatable bonds is 14. The van der Waals surface area contributed by atoms with E-state index in [1.807, 2.05) is 0 Å². The Kier molecular flexibility index (Phi) is 8.30. The Bertz CT molecular complexity index is 657. The minimum absolute atomic E-state index is 0.379. The van der Waals surface area contributed by atoms with Crippen molar-refractivity contribution in [3.05, 3.63) is 34.9 Å². The molecule has 29 heavy (non-hydrogen) atoms. The maximum absolute atomic E-state index is 11.2. The lowest BCUT2D eigenvalue weighted by Gasteiger charge is -2.18. The molecule has 0 atom stereocenters. The van der Waals surface area contributed by atoms with Gasteiger partial charge in [0.05, 0.1) is 10.8 Å². The van der Waals surface area contributed by atoms with Crippen molar-refractivity contribution in [2.24, 2.45) is 10.8 Å². The molecule has 0 spiro atoms. The Morgan fingerprint density at radius 1 is 0.931 bits per heavy atom. The molecule has 1 aliphatic rings. The van der Waals surface area contributed by atoms with E-state index in [4.69, 9.17) is 0 Å². The van der Waals surface area contributed by atoms with E-state index in [1.54, 1.807) is 13.8 Å². The summed E-state index contributed by atoms with van der Waals surface area (Å²) in [7, 11) is 0. The van der Waals surface area contributed by atoms with Gasteiger partial charge in [-0.2, -0.15) is 0 Å². The summed E-state index contributed by atoms with van der Waals surface area (Å²) in [5, 5.41) is 18.4. The van der Waals surface area contributed by atoms with Crippen molar-refractivity contribution in [1.29, 1.82) is 0 Å². The Morgan fingerprint density at radius 3 is 1.97 bits per heavy atom. The minimum atomic E-state index is -0.712. The van der Waals surface area contributed by atoms with Gasteiger partial charge in [-0.05, 0) is 88.8 Å². The SMILES string of the molecule is Cc1c(CCCCCC(C)(C)C(=O)O)cccc1CCCCCC1(C(=O)O)CC1. The van der Waals surface area contributed by atoms with Crippen molar-refractivity contribution in [2.75, 3.05) is 0 Å². The molecule has 0 unspecified atom stereocenters. The number of hydrogen-bond acceptors (Lipinski definition) is 2. The van der Waals surface area contributed by atoms with Gasteiger partial charge in [0.15, 0.2) is 0 Å². The van der Waals surface area contributed by atoms with Crippen molar-refractivity contribution in [1.82, 2.24) is 0 Å². The van der Waals surface area contributed by atoms with Crippen LogP contribution < -0.4 is 0 Å². The van der Waals surface area contributed by atoms with Gasteiger partial charge in [0.1, 0.15) is 0 Å². The molecule has 0 radical (unpaired) electrons. The van der Waals surface area contributed by atoms with Crippen LogP contribution in [-0.4, -0.2) is 22.2 Å². The van der Waals surface area contributed by atoms with E-state index in [-0.39, 0.29) is 5.41 Å². The zero-order valence-corrected chi connectivity index (χ0v) is 18.4. The summed E-state index contributed by atoms with van der Waals surface area (Å²) in [6.07, 6.45) is 11.7. The molecular weight excluding hydrogens is 364 g/mol. The predicted molar refractivity (Wildman–Crippen MR) is 116 cm³/mol. The lowest BCUT2D eigenvalue weighted by molar-refractivity contribution is -0.147. The normalized spacial score (nSPS) is 15.3. The quantitative estimate of drug-likeness (QED) is 0.365. The van der Waals surface area contributed by atoms with Crippen molar-refractivity contribution >= 4 is 11.9 Å². The first-order chi connectivity index (χ1) is 13.7. The number of unbranched alkanes of at least 4 members (excludes halogenated alkanes) is 4. The molecule has 0 bridgehead atoms. The van der Waals surface area contributed by atoms with Crippen LogP contribution in [0.15, 0.2) is 18.2 Å². The van der Waals surface area contributed by atoms with Gasteiger partial charge in [0.25, 0.3) is 0 Å². The van der Waals surface area contributed by atoms with Crippen molar-refractivity contribution in [2.45, 2.75) is 97.8 Å². The number of benzene rings is 1. The third-order valence-electron chi connectivity index (χ3n) is 6.79. The highest BCUT2D eigenvalue weighted by Gasteiger charge is 2.49. The fourth-order valence-electron chi connectivity index (χ4n) is 4.12. The van der Waals surface area contributed by atoms with Gasteiger partial charge >= 0.3 is 11.9 Å². The van der Waals surface area contributed by atoms with Gasteiger partial charge in [-0.15, -0.1) is 0 Å². The Morgan fingerprint density at radius 2 is 1.48 bits per heavy atom. The molecule has 2 rings (SSSR count). The highest BCUT2D eigenvalue weighted by atomic mass is 16.4. The summed E-state index contributed by atoms with van der Waals surface area (Å²) in [4.78, 5) is 22.4. The van der Waals surface area contributed by atoms with E-state index in [0.29, 0.717) is 0 Å². The average Bonchev–Trinajstić information content (AvgIpc) is 3.44. The Labute approximate surface area is 175 Å². The summed E-state index contributed by atoms with van der Waals surface area (Å²) in [6.45, 7) is 5.81. The van der Waals surface area contributed by atoms with Crippen molar-refractivity contribution < 1.29 is 19.8 Å². The Balaban J connectivity index is 1.69. The largest absolute Gasteiger partial charge is 0.481 e. The van der Waals surface area contributed by atoms with E-state index in [9.17, 15) is 19.8 Å². The zero-order chi connectivity index (χ0) is 21.5. The summed E-state index contributed by atoms with van der Waals surface area (Å²) in [5.41, 5.74) is 3.20. The molecule has 4 nitrogen and oxygen atoms in total. The number of aryl methyl sites for hydroxylation is 2. The van der Waals surface area contributed by atoms with Crippen LogP contribution in [0.1, 0.15) is 94.7 Å². The molecule has 1 aliphatic carbocycles. The molecule has 1 saturated carbocycles. The standard InChI is InChI=1S/C25H38O4/c1-19-20(11-6-4-8-15-24(2,3)22(26)27)13-10-14-21(19)12-7-5-9-16-25(17-18-25)23(28)29/h10,13-14H,4-9,11-12,15-18H2,1-3H3,(H,26,27)(H,28,29). The number of hydrogen-bond donors (Lipinski definition) is 2. The van der Waals surface area contributed by atoms with Crippen LogP contribution in [0.4, 0.5) is 0 Å². The maximum Gasteiger partial charge on any atom is 0.309 e. The van der Waals surface area contributed by atoms with E-state index in [1.165, 1.54) is 16.7 Å². The van der Waals surface area contributed by atoms with Gasteiger partial charge in [-0.25, -0.2) is 0 Å². The van der Waals surface area contributed by atoms with Crippen LogP contribution >= 0.6 is 0 Å². The van der Waals surface area contributed by atoms with E-state index >= 15 is 0 Å². The molecule has 4 heteroatoms. The first-order valence-corrected chi connectivity index (χ1v) is 11.2. The highest BCUT2D eigenvalue weighted by Crippen LogP contribution is 2.50. The van der Waals surface area contributed by atoms with Crippen LogP contribution in [0.2, 0.25) is 0 Å². The fraction of sp³-hybridized carbons (Fsp3) is 0.680. The molecule has 1 aromatic carbocycles. The molecular formula is C25H38O4. The monoisotopic (exact) mass is 402 g/mol. The third-order valence-corrected chi connectivity index (χ3v) is 6.79. The van der Waals surface area contributed by atoms with E-state index < -0.39 is 17.4 Å². The van der Waals surface area contributed by atoms with Crippen molar-refractivity contribution in [3.63, 3.8) is 0 Å². The lowest BCUT2D eigenvalue weighted by Crippen LogP contribution is -2.23. The second kappa shape index (κ2) is 10.3. The van der Waals surface area contributed by atoms with Gasteiger partial charge in [0.2, 0.25) is 0 Å². The van der Waals surface area contributed by atoms with E-state index in [0.717, 1.165) is 77.0 Å². The smallest absolute Gasteiger partial charge is 0.309 e. The summed E-state index contributed by atoms with van der Waals surface area (Å²) < 4.78 is 0. The molecule has 0 heterocycles. The second-order valence-corrected chi connectivity index (χ2v) is 9.60. The summed E-state index contributed by atoms with van der Waals surface area (Å²) in [6, 6.07) is 6.58. The molecule has 0 aromatic heterocycles. The molecule has 1 fully saturated rings. The number of aliphatic carboxylic acids is 2. The minimum Gasteiger partial charge on any atom is -0.481 e. The van der Waals surface area contributed by atoms with Gasteiger partial charge in [-0.1, -0.05) is 43.9 Å². The summed E-state index contributed by atoms with van der Waals surface area (Å²) in [5.74, 6) is -1.32. The van der Waals surface area contributed by atoms with Gasteiger partial charge in [0, 0.05) is 0 Å². The zero-order valence-electron chi connectivity index (χ0n) is 18.4. The van der Waals surface area contributed by atoms with Crippen LogP contribution in [0.5, 0.6) is 0 Å². The number of carbonyl (C=O) groups is 2. The van der Waals surface area contributed by atoms with Gasteiger partial charge in [-0.3, -0.25) is 9.59 Å². The topological polar surface area (TPSA) is 74.6 Å². The van der Waals surface area contributed by atoms with Crippen LogP contribution in [0.3, 0.4) is 0 Å². The lowest BCUT2D eigenvalue weighted by atomic mass is 9.86. The predicted octanol–water partition coefficient (Wildman–Crippen LogP) is 6.18. The Hall–Kier alpha value is -1.84. The molecule has 162 valence electrons. The second-order valence-electron chi connectivity index (χ2n) is 9.60. The fourth-order valence-corrected chi connectivity index (χ4v) is 4.12. The molecule has 0 aliphatic heterocycles. The third kappa shape index (κ3) is 6.87. The molecule has 2 N–H and O–H groups in total. The van der Waals surface area contributed by atoms with E-state index in [2.05, 4.69) is 25.1 Å². The van der Waals surface area contributed by atoms with Crippen LogP contribution in [-0.2, 0) is 22.4 Å². The summed E-state index contributed by atoms with van der Waals surface area (Å²) >= 11 is 0. The van der Waals surface area contributed by atoms with Crippen LogP contribution in [0.25, 0.3) is 0 Å².